The molecule has 0 radical (unpaired) electrons. The first-order chi connectivity index (χ1) is 9.83. The first-order valence-electron chi connectivity index (χ1n) is 5.75. The lowest BCUT2D eigenvalue weighted by molar-refractivity contribution is 0.414. The summed E-state index contributed by atoms with van der Waals surface area (Å²) in [5, 5.41) is 0. The number of benzene rings is 2. The normalized spacial score (nSPS) is 11.2. The van der Waals surface area contributed by atoms with E-state index in [-0.39, 0.29) is 16.3 Å². The average molecular weight is 314 g/mol. The van der Waals surface area contributed by atoms with Gasteiger partial charge in [0.2, 0.25) is 0 Å². The minimum Gasteiger partial charge on any atom is -0.497 e. The Labute approximate surface area is 120 Å². The molecule has 2 aromatic carbocycles. The van der Waals surface area contributed by atoms with Crippen LogP contribution in [0.2, 0.25) is 0 Å². The Kier molecular flexibility index (Phi) is 3.99. The second kappa shape index (κ2) is 5.57. The number of rotatable bonds is 4. The summed E-state index contributed by atoms with van der Waals surface area (Å²) in [5.74, 6) is -1.82. The maximum Gasteiger partial charge on any atom is 0.263 e. The quantitative estimate of drug-likeness (QED) is 0.849. The number of hydrogen-bond acceptors (Lipinski definition) is 4. The van der Waals surface area contributed by atoms with Gasteiger partial charge in [-0.2, -0.15) is 0 Å². The van der Waals surface area contributed by atoms with Gasteiger partial charge in [0, 0.05) is 12.1 Å². The van der Waals surface area contributed by atoms with Gasteiger partial charge in [0.25, 0.3) is 10.0 Å². The highest BCUT2D eigenvalue weighted by Crippen LogP contribution is 2.26. The molecule has 0 spiro atoms. The van der Waals surface area contributed by atoms with E-state index in [9.17, 15) is 17.2 Å². The van der Waals surface area contributed by atoms with Crippen LogP contribution in [0.1, 0.15) is 0 Å². The van der Waals surface area contributed by atoms with Crippen LogP contribution in [0.5, 0.6) is 5.75 Å². The Morgan fingerprint density at radius 1 is 1.10 bits per heavy atom. The number of anilines is 2. The molecule has 2 rings (SSSR count). The van der Waals surface area contributed by atoms with Crippen LogP contribution < -0.4 is 15.2 Å². The molecule has 0 saturated carbocycles. The van der Waals surface area contributed by atoms with Crippen molar-refractivity contribution in [2.75, 3.05) is 17.6 Å². The number of halogens is 2. The van der Waals surface area contributed by atoms with Gasteiger partial charge in [-0.15, -0.1) is 0 Å². The number of nitrogen functional groups attached to an aromatic ring is 1. The molecule has 0 heterocycles. The van der Waals surface area contributed by atoms with Gasteiger partial charge < -0.3 is 10.5 Å². The Morgan fingerprint density at radius 3 is 2.38 bits per heavy atom. The largest absolute Gasteiger partial charge is 0.497 e. The minimum atomic E-state index is -4.02. The lowest BCUT2D eigenvalue weighted by Gasteiger charge is -2.11. The Hall–Kier alpha value is -2.35. The summed E-state index contributed by atoms with van der Waals surface area (Å²) in [6.45, 7) is 0. The van der Waals surface area contributed by atoms with Gasteiger partial charge in [-0.05, 0) is 24.3 Å². The van der Waals surface area contributed by atoms with Crippen molar-refractivity contribution in [1.29, 1.82) is 0 Å². The summed E-state index contributed by atoms with van der Waals surface area (Å²) < 4.78 is 57.3. The fourth-order valence-corrected chi connectivity index (χ4v) is 2.83. The zero-order chi connectivity index (χ0) is 15.6. The third kappa shape index (κ3) is 3.22. The molecular formula is C13H12F2N2O3S. The SMILES string of the molecule is COc1ccc(S(=O)(=O)Nc2ccc(F)c(F)c2)c(N)c1. The molecule has 112 valence electrons. The second-order valence-corrected chi connectivity index (χ2v) is 5.79. The monoisotopic (exact) mass is 314 g/mol. The maximum absolute atomic E-state index is 13.1. The summed E-state index contributed by atoms with van der Waals surface area (Å²) in [5.41, 5.74) is 5.53. The molecule has 0 aromatic heterocycles. The molecule has 8 heteroatoms. The highest BCUT2D eigenvalue weighted by Gasteiger charge is 2.18. The molecule has 0 fully saturated rings. The predicted molar refractivity (Wildman–Crippen MR) is 74.6 cm³/mol. The lowest BCUT2D eigenvalue weighted by atomic mass is 10.3. The van der Waals surface area contributed by atoms with Gasteiger partial charge in [-0.3, -0.25) is 4.72 Å². The molecule has 0 atom stereocenters. The molecule has 3 N–H and O–H groups in total. The first-order valence-corrected chi connectivity index (χ1v) is 7.23. The second-order valence-electron chi connectivity index (χ2n) is 4.14. The predicted octanol–water partition coefficient (Wildman–Crippen LogP) is 2.36. The van der Waals surface area contributed by atoms with E-state index in [0.717, 1.165) is 18.2 Å². The van der Waals surface area contributed by atoms with Crippen molar-refractivity contribution in [2.24, 2.45) is 0 Å². The molecule has 0 unspecified atom stereocenters. The lowest BCUT2D eigenvalue weighted by Crippen LogP contribution is -2.15. The summed E-state index contributed by atoms with van der Waals surface area (Å²) >= 11 is 0. The van der Waals surface area contributed by atoms with E-state index < -0.39 is 21.7 Å². The van der Waals surface area contributed by atoms with Crippen LogP contribution in [0.4, 0.5) is 20.2 Å². The number of nitrogens with one attached hydrogen (secondary N) is 1. The maximum atomic E-state index is 13.1. The molecule has 0 aliphatic heterocycles. The van der Waals surface area contributed by atoms with Crippen molar-refractivity contribution in [2.45, 2.75) is 4.90 Å². The van der Waals surface area contributed by atoms with Gasteiger partial charge in [0.15, 0.2) is 11.6 Å². The van der Waals surface area contributed by atoms with Crippen LogP contribution in [-0.2, 0) is 10.0 Å². The van der Waals surface area contributed by atoms with Crippen LogP contribution in [0, 0.1) is 11.6 Å². The van der Waals surface area contributed by atoms with Gasteiger partial charge in [0.05, 0.1) is 18.5 Å². The fourth-order valence-electron chi connectivity index (χ4n) is 1.67. The van der Waals surface area contributed by atoms with Crippen LogP contribution in [0.3, 0.4) is 0 Å². The number of hydrogen-bond donors (Lipinski definition) is 2. The zero-order valence-corrected chi connectivity index (χ0v) is 11.7. The minimum absolute atomic E-state index is 0.0237. The topological polar surface area (TPSA) is 81.4 Å². The van der Waals surface area contributed by atoms with E-state index >= 15 is 0 Å². The van der Waals surface area contributed by atoms with Gasteiger partial charge >= 0.3 is 0 Å². The van der Waals surface area contributed by atoms with E-state index in [2.05, 4.69) is 4.72 Å². The molecule has 0 aliphatic carbocycles. The summed E-state index contributed by atoms with van der Waals surface area (Å²) in [7, 11) is -2.60. The molecule has 5 nitrogen and oxygen atoms in total. The average Bonchev–Trinajstić information content (AvgIpc) is 2.42. The summed E-state index contributed by atoms with van der Waals surface area (Å²) in [6.07, 6.45) is 0. The molecule has 21 heavy (non-hydrogen) atoms. The first kappa shape index (κ1) is 15.0. The standard InChI is InChI=1S/C13H12F2N2O3S/c1-20-9-3-5-13(12(16)7-9)21(18,19)17-8-2-4-10(14)11(15)6-8/h2-7,17H,16H2,1H3. The Bertz CT molecular complexity index is 779. The van der Waals surface area contributed by atoms with Crippen LogP contribution in [-0.4, -0.2) is 15.5 Å². The molecule has 0 saturated heterocycles. The van der Waals surface area contributed by atoms with E-state index in [1.54, 1.807) is 0 Å². The smallest absolute Gasteiger partial charge is 0.263 e. The van der Waals surface area contributed by atoms with Crippen LogP contribution in [0.25, 0.3) is 0 Å². The number of nitrogens with two attached hydrogens (primary N) is 1. The highest BCUT2D eigenvalue weighted by molar-refractivity contribution is 7.92. The van der Waals surface area contributed by atoms with Gasteiger partial charge in [0.1, 0.15) is 10.6 Å². The fraction of sp³-hybridized carbons (Fsp3) is 0.0769. The van der Waals surface area contributed by atoms with E-state index in [0.29, 0.717) is 5.75 Å². The van der Waals surface area contributed by atoms with Gasteiger partial charge in [-0.1, -0.05) is 0 Å². The van der Waals surface area contributed by atoms with Crippen molar-refractivity contribution in [3.8, 4) is 5.75 Å². The van der Waals surface area contributed by atoms with Crippen LogP contribution >= 0.6 is 0 Å². The zero-order valence-electron chi connectivity index (χ0n) is 10.9. The van der Waals surface area contributed by atoms with Crippen molar-refractivity contribution < 1.29 is 21.9 Å². The third-order valence-electron chi connectivity index (χ3n) is 2.68. The van der Waals surface area contributed by atoms with Crippen molar-refractivity contribution in [1.82, 2.24) is 0 Å². The Balaban J connectivity index is 2.36. The van der Waals surface area contributed by atoms with E-state index in [1.807, 2.05) is 0 Å². The Morgan fingerprint density at radius 2 is 1.81 bits per heavy atom. The molecule has 0 aliphatic rings. The number of ether oxygens (including phenoxy) is 1. The number of sulfonamides is 1. The van der Waals surface area contributed by atoms with Gasteiger partial charge in [-0.25, -0.2) is 17.2 Å². The molecule has 0 bridgehead atoms. The van der Waals surface area contributed by atoms with Crippen LogP contribution in [0.15, 0.2) is 41.3 Å². The third-order valence-corrected chi connectivity index (χ3v) is 4.13. The summed E-state index contributed by atoms with van der Waals surface area (Å²) in [4.78, 5) is -0.187. The van der Waals surface area contributed by atoms with Crippen molar-refractivity contribution in [3.63, 3.8) is 0 Å². The molecule has 2 aromatic rings. The van der Waals surface area contributed by atoms with E-state index in [4.69, 9.17) is 10.5 Å². The van der Waals surface area contributed by atoms with Crippen molar-refractivity contribution >= 4 is 21.4 Å². The highest BCUT2D eigenvalue weighted by atomic mass is 32.2. The number of methoxy groups -OCH3 is 1. The molecular weight excluding hydrogens is 302 g/mol. The summed E-state index contributed by atoms with van der Waals surface area (Å²) in [6, 6.07) is 6.71. The molecule has 0 amide bonds. The van der Waals surface area contributed by atoms with E-state index in [1.165, 1.54) is 25.3 Å². The van der Waals surface area contributed by atoms with Crippen molar-refractivity contribution in [3.05, 3.63) is 48.0 Å².